The van der Waals surface area contributed by atoms with Gasteiger partial charge in [0.15, 0.2) is 11.4 Å². The molecule has 0 fully saturated rings. The summed E-state index contributed by atoms with van der Waals surface area (Å²) in [6.07, 6.45) is 1.63. The summed E-state index contributed by atoms with van der Waals surface area (Å²) in [4.78, 5) is 20.3. The average Bonchev–Trinajstić information content (AvgIpc) is 3.43. The van der Waals surface area contributed by atoms with E-state index in [1.165, 1.54) is 6.07 Å². The predicted molar refractivity (Wildman–Crippen MR) is 106 cm³/mol. The maximum atomic E-state index is 10.9. The second-order valence-corrected chi connectivity index (χ2v) is 7.24. The molecular weight excluding hydrogens is 394 g/mol. The molecule has 0 saturated carbocycles. The summed E-state index contributed by atoms with van der Waals surface area (Å²) in [5.41, 5.74) is 1.32. The number of hydrogen-bond donors (Lipinski definition) is 0. The van der Waals surface area contributed by atoms with E-state index in [1.54, 1.807) is 53.4 Å². The van der Waals surface area contributed by atoms with Crippen LogP contribution in [0.15, 0.2) is 52.5 Å². The van der Waals surface area contributed by atoms with E-state index in [2.05, 4.69) is 15.1 Å². The second kappa shape index (κ2) is 6.67. The average molecular weight is 407 g/mol. The number of aromatic nitrogens is 4. The first-order valence-electron chi connectivity index (χ1n) is 8.64. The Balaban J connectivity index is 1.36. The maximum Gasteiger partial charge on any atom is 0.272 e. The molecule has 9 nitrogen and oxygen atoms in total. The molecule has 1 aromatic carbocycles. The summed E-state index contributed by atoms with van der Waals surface area (Å²) >= 11 is 1.55. The van der Waals surface area contributed by atoms with Gasteiger partial charge in [-0.3, -0.25) is 10.1 Å². The number of nitro groups is 1. The smallest absolute Gasteiger partial charge is 0.272 e. The zero-order valence-corrected chi connectivity index (χ0v) is 15.9. The van der Waals surface area contributed by atoms with Gasteiger partial charge in [-0.25, -0.2) is 14.5 Å². The molecule has 0 unspecified atom stereocenters. The van der Waals surface area contributed by atoms with E-state index in [0.717, 1.165) is 15.9 Å². The van der Waals surface area contributed by atoms with Crippen molar-refractivity contribution in [3.8, 4) is 17.3 Å². The quantitative estimate of drug-likeness (QED) is 0.314. The summed E-state index contributed by atoms with van der Waals surface area (Å²) in [7, 11) is 0. The Bertz CT molecular complexity index is 1370. The topological polar surface area (TPSA) is 109 Å². The van der Waals surface area contributed by atoms with E-state index in [4.69, 9.17) is 9.15 Å². The lowest BCUT2D eigenvalue weighted by Gasteiger charge is -2.05. The molecule has 10 heteroatoms. The number of fused-ring (bicyclic) bond motifs is 3. The SMILES string of the molecule is Cc1cc(OCc2ccc(-c3nc4c5ccsc5ncn4n3)o2)ccc1[N+](=O)[O-]. The first kappa shape index (κ1) is 17.3. The Morgan fingerprint density at radius 1 is 1.28 bits per heavy atom. The molecule has 0 atom stereocenters. The highest BCUT2D eigenvalue weighted by Gasteiger charge is 2.15. The zero-order valence-electron chi connectivity index (χ0n) is 15.1. The first-order valence-corrected chi connectivity index (χ1v) is 9.52. The third kappa shape index (κ3) is 3.09. The van der Waals surface area contributed by atoms with Gasteiger partial charge >= 0.3 is 0 Å². The highest BCUT2D eigenvalue weighted by Crippen LogP contribution is 2.27. The minimum absolute atomic E-state index is 0.0600. The van der Waals surface area contributed by atoms with Crippen LogP contribution in [0.25, 0.3) is 27.4 Å². The summed E-state index contributed by atoms with van der Waals surface area (Å²) < 4.78 is 13.1. The lowest BCUT2D eigenvalue weighted by molar-refractivity contribution is -0.385. The second-order valence-electron chi connectivity index (χ2n) is 6.35. The number of furan rings is 1. The number of hydrogen-bond acceptors (Lipinski definition) is 8. The lowest BCUT2D eigenvalue weighted by Crippen LogP contribution is -1.96. The Morgan fingerprint density at radius 3 is 3.00 bits per heavy atom. The molecule has 5 rings (SSSR count). The van der Waals surface area contributed by atoms with Gasteiger partial charge in [0.25, 0.3) is 5.69 Å². The summed E-state index contributed by atoms with van der Waals surface area (Å²) in [5.74, 6) is 2.11. The van der Waals surface area contributed by atoms with Gasteiger partial charge in [-0.15, -0.1) is 16.4 Å². The first-order chi connectivity index (χ1) is 14.1. The maximum absolute atomic E-state index is 10.9. The van der Waals surface area contributed by atoms with Crippen molar-refractivity contribution in [3.05, 3.63) is 69.5 Å². The Morgan fingerprint density at radius 2 is 2.17 bits per heavy atom. The number of benzene rings is 1. The van der Waals surface area contributed by atoms with E-state index >= 15 is 0 Å². The van der Waals surface area contributed by atoms with Gasteiger partial charge in [0.2, 0.25) is 5.82 Å². The molecule has 4 heterocycles. The van der Waals surface area contributed by atoms with Crippen molar-refractivity contribution in [2.75, 3.05) is 0 Å². The van der Waals surface area contributed by atoms with E-state index < -0.39 is 4.92 Å². The molecule has 0 N–H and O–H groups in total. The fourth-order valence-electron chi connectivity index (χ4n) is 3.02. The molecule has 0 amide bonds. The minimum atomic E-state index is -0.418. The van der Waals surface area contributed by atoms with Crippen LogP contribution in [-0.2, 0) is 6.61 Å². The van der Waals surface area contributed by atoms with Crippen LogP contribution < -0.4 is 4.74 Å². The molecule has 0 aliphatic carbocycles. The number of thiophene rings is 1. The van der Waals surface area contributed by atoms with Crippen molar-refractivity contribution in [1.29, 1.82) is 0 Å². The molecule has 0 bridgehead atoms. The third-order valence-electron chi connectivity index (χ3n) is 4.43. The Kier molecular flexibility index (Phi) is 3.98. The molecule has 0 aliphatic rings. The lowest BCUT2D eigenvalue weighted by atomic mass is 10.2. The van der Waals surface area contributed by atoms with Gasteiger partial charge in [-0.2, -0.15) is 0 Å². The van der Waals surface area contributed by atoms with Gasteiger partial charge in [-0.1, -0.05) is 0 Å². The van der Waals surface area contributed by atoms with Crippen LogP contribution in [0.5, 0.6) is 5.75 Å². The molecule has 0 radical (unpaired) electrons. The van der Waals surface area contributed by atoms with Gasteiger partial charge in [0, 0.05) is 11.6 Å². The normalized spacial score (nSPS) is 11.3. The summed E-state index contributed by atoms with van der Waals surface area (Å²) in [5, 5.41) is 18.2. The van der Waals surface area contributed by atoms with Crippen molar-refractivity contribution >= 4 is 32.9 Å². The van der Waals surface area contributed by atoms with Crippen LogP contribution in [-0.4, -0.2) is 24.5 Å². The van der Waals surface area contributed by atoms with Crippen molar-refractivity contribution in [3.63, 3.8) is 0 Å². The van der Waals surface area contributed by atoms with E-state index in [-0.39, 0.29) is 12.3 Å². The van der Waals surface area contributed by atoms with Crippen LogP contribution in [0, 0.1) is 17.0 Å². The molecule has 0 aliphatic heterocycles. The van der Waals surface area contributed by atoms with Gasteiger partial charge in [0.05, 0.1) is 10.3 Å². The molecule has 29 heavy (non-hydrogen) atoms. The largest absolute Gasteiger partial charge is 0.486 e. The number of nitro benzene ring substituents is 1. The van der Waals surface area contributed by atoms with Crippen LogP contribution in [0.4, 0.5) is 5.69 Å². The fourth-order valence-corrected chi connectivity index (χ4v) is 3.75. The fraction of sp³-hybridized carbons (Fsp3) is 0.105. The zero-order chi connectivity index (χ0) is 20.0. The molecule has 5 aromatic rings. The van der Waals surface area contributed by atoms with Crippen LogP contribution in [0.3, 0.4) is 0 Å². The van der Waals surface area contributed by atoms with Gasteiger partial charge < -0.3 is 9.15 Å². The van der Waals surface area contributed by atoms with Crippen molar-refractivity contribution < 1.29 is 14.1 Å². The number of nitrogens with zero attached hydrogens (tertiary/aromatic N) is 5. The van der Waals surface area contributed by atoms with E-state index in [0.29, 0.717) is 28.7 Å². The third-order valence-corrected chi connectivity index (χ3v) is 5.25. The molecule has 0 spiro atoms. The molecule has 0 saturated heterocycles. The van der Waals surface area contributed by atoms with Gasteiger partial charge in [0.1, 0.15) is 29.3 Å². The molecule has 4 aromatic heterocycles. The Hall–Kier alpha value is -3.79. The van der Waals surface area contributed by atoms with Crippen LogP contribution in [0.2, 0.25) is 0 Å². The van der Waals surface area contributed by atoms with Crippen molar-refractivity contribution in [2.24, 2.45) is 0 Å². The van der Waals surface area contributed by atoms with Gasteiger partial charge in [-0.05, 0) is 42.6 Å². The minimum Gasteiger partial charge on any atom is -0.486 e. The van der Waals surface area contributed by atoms with Crippen molar-refractivity contribution in [1.82, 2.24) is 19.6 Å². The van der Waals surface area contributed by atoms with E-state index in [1.807, 2.05) is 11.4 Å². The summed E-state index contributed by atoms with van der Waals surface area (Å²) in [6.45, 7) is 1.85. The highest BCUT2D eigenvalue weighted by atomic mass is 32.1. The standard InChI is InChI=1S/C19H13N5O4S/c1-11-8-12(2-4-15(11)24(25)26)27-9-13-3-5-16(28-13)17-21-18-14-6-7-29-19(14)20-10-23(18)22-17/h2-8,10H,9H2,1H3. The highest BCUT2D eigenvalue weighted by molar-refractivity contribution is 7.16. The molecule has 144 valence electrons. The summed E-state index contributed by atoms with van der Waals surface area (Å²) in [6, 6.07) is 10.2. The number of rotatable bonds is 5. The monoisotopic (exact) mass is 407 g/mol. The number of aryl methyl sites for hydroxylation is 1. The molecular formula is C19H13N5O4S. The van der Waals surface area contributed by atoms with E-state index in [9.17, 15) is 10.1 Å². The predicted octanol–water partition coefficient (Wildman–Crippen LogP) is 4.39. The van der Waals surface area contributed by atoms with Crippen LogP contribution >= 0.6 is 11.3 Å². The van der Waals surface area contributed by atoms with Crippen LogP contribution in [0.1, 0.15) is 11.3 Å². The Labute approximate surface area is 167 Å². The number of ether oxygens (including phenoxy) is 1. The van der Waals surface area contributed by atoms with Crippen molar-refractivity contribution in [2.45, 2.75) is 13.5 Å².